The van der Waals surface area contributed by atoms with Gasteiger partial charge in [-0.15, -0.1) is 0 Å². The third kappa shape index (κ3) is 3.97. The first kappa shape index (κ1) is 15.5. The van der Waals surface area contributed by atoms with Crippen LogP contribution in [-0.2, 0) is 17.5 Å². The van der Waals surface area contributed by atoms with E-state index in [1.807, 2.05) is 6.07 Å². The fourth-order valence-corrected chi connectivity index (χ4v) is 2.62. The van der Waals surface area contributed by atoms with E-state index in [1.54, 1.807) is 6.26 Å². The summed E-state index contributed by atoms with van der Waals surface area (Å²) in [6, 6.07) is 1.93. The van der Waals surface area contributed by atoms with E-state index in [-0.39, 0.29) is 11.6 Å². The third-order valence-corrected chi connectivity index (χ3v) is 8.38. The number of aliphatic hydroxyl groups excluding tert-OH is 1. The Kier molecular flexibility index (Phi) is 5.19. The SMILES string of the molecule is CC(C)(C)[Si](C)(C)OCCCc1ccoc1CO. The number of hydrogen-bond acceptors (Lipinski definition) is 3. The highest BCUT2D eigenvalue weighted by Gasteiger charge is 2.36. The fourth-order valence-electron chi connectivity index (χ4n) is 1.53. The molecule has 1 aromatic heterocycles. The maximum Gasteiger partial charge on any atom is 0.191 e. The minimum atomic E-state index is -1.62. The van der Waals surface area contributed by atoms with Crippen molar-refractivity contribution in [3.63, 3.8) is 0 Å². The van der Waals surface area contributed by atoms with Gasteiger partial charge in [0.15, 0.2) is 8.32 Å². The lowest BCUT2D eigenvalue weighted by Crippen LogP contribution is -2.41. The van der Waals surface area contributed by atoms with Crippen molar-refractivity contribution >= 4 is 8.32 Å². The Balaban J connectivity index is 2.36. The maximum absolute atomic E-state index is 9.08. The lowest BCUT2D eigenvalue weighted by atomic mass is 10.1. The van der Waals surface area contributed by atoms with Gasteiger partial charge in [-0.1, -0.05) is 20.8 Å². The molecule has 0 aromatic carbocycles. The lowest BCUT2D eigenvalue weighted by molar-refractivity contribution is 0.244. The first-order valence-corrected chi connectivity index (χ1v) is 9.49. The Hall–Kier alpha value is -0.583. The lowest BCUT2D eigenvalue weighted by Gasteiger charge is -2.36. The van der Waals surface area contributed by atoms with E-state index >= 15 is 0 Å². The molecular weight excluding hydrogens is 244 g/mol. The molecule has 104 valence electrons. The summed E-state index contributed by atoms with van der Waals surface area (Å²) < 4.78 is 11.3. The molecule has 0 saturated heterocycles. The summed E-state index contributed by atoms with van der Waals surface area (Å²) in [7, 11) is -1.62. The quantitative estimate of drug-likeness (QED) is 0.632. The molecule has 0 amide bonds. The van der Waals surface area contributed by atoms with Crippen molar-refractivity contribution in [3.05, 3.63) is 23.7 Å². The molecule has 1 rings (SSSR count). The molecule has 0 aliphatic rings. The van der Waals surface area contributed by atoms with E-state index in [2.05, 4.69) is 33.9 Å². The third-order valence-electron chi connectivity index (χ3n) is 3.84. The van der Waals surface area contributed by atoms with Crippen LogP contribution < -0.4 is 0 Å². The Morgan fingerprint density at radius 1 is 1.33 bits per heavy atom. The molecule has 0 unspecified atom stereocenters. The summed E-state index contributed by atoms with van der Waals surface area (Å²) in [6.45, 7) is 12.0. The van der Waals surface area contributed by atoms with Gasteiger partial charge in [0, 0.05) is 6.61 Å². The molecule has 0 bridgehead atoms. The van der Waals surface area contributed by atoms with Crippen molar-refractivity contribution < 1.29 is 13.9 Å². The highest BCUT2D eigenvalue weighted by Crippen LogP contribution is 2.36. The zero-order chi connectivity index (χ0) is 13.8. The second-order valence-electron chi connectivity index (χ2n) is 6.24. The van der Waals surface area contributed by atoms with Crippen LogP contribution in [-0.4, -0.2) is 20.0 Å². The second kappa shape index (κ2) is 6.04. The first-order chi connectivity index (χ1) is 8.28. The highest BCUT2D eigenvalue weighted by molar-refractivity contribution is 6.74. The predicted molar refractivity (Wildman–Crippen MR) is 76.1 cm³/mol. The van der Waals surface area contributed by atoms with Crippen LogP contribution in [0.1, 0.15) is 38.5 Å². The summed E-state index contributed by atoms with van der Waals surface area (Å²) >= 11 is 0. The number of aliphatic hydroxyl groups is 1. The average molecular weight is 270 g/mol. The van der Waals surface area contributed by atoms with Crippen LogP contribution in [0.2, 0.25) is 18.1 Å². The van der Waals surface area contributed by atoms with Gasteiger partial charge in [0.2, 0.25) is 0 Å². The van der Waals surface area contributed by atoms with E-state index in [9.17, 15) is 0 Å². The van der Waals surface area contributed by atoms with Crippen LogP contribution in [0.4, 0.5) is 0 Å². The second-order valence-corrected chi connectivity index (χ2v) is 11.0. The smallest absolute Gasteiger partial charge is 0.191 e. The van der Waals surface area contributed by atoms with Crippen LogP contribution >= 0.6 is 0 Å². The molecule has 1 N–H and O–H groups in total. The molecule has 0 saturated carbocycles. The van der Waals surface area contributed by atoms with Crippen molar-refractivity contribution in [2.45, 2.75) is 58.4 Å². The molecule has 0 spiro atoms. The monoisotopic (exact) mass is 270 g/mol. The number of aryl methyl sites for hydroxylation is 1. The van der Waals surface area contributed by atoms with Gasteiger partial charge in [-0.2, -0.15) is 0 Å². The largest absolute Gasteiger partial charge is 0.467 e. The first-order valence-electron chi connectivity index (χ1n) is 6.58. The van der Waals surface area contributed by atoms with Gasteiger partial charge in [0.1, 0.15) is 12.4 Å². The predicted octanol–water partition coefficient (Wildman–Crippen LogP) is 3.73. The number of rotatable bonds is 6. The van der Waals surface area contributed by atoms with Gasteiger partial charge >= 0.3 is 0 Å². The topological polar surface area (TPSA) is 42.6 Å². The molecule has 1 aromatic rings. The highest BCUT2D eigenvalue weighted by atomic mass is 28.4. The Bertz CT molecular complexity index is 363. The maximum atomic E-state index is 9.08. The van der Waals surface area contributed by atoms with Gasteiger partial charge in [0.25, 0.3) is 0 Å². The summed E-state index contributed by atoms with van der Waals surface area (Å²) in [5.41, 5.74) is 1.09. The zero-order valence-electron chi connectivity index (χ0n) is 12.2. The minimum Gasteiger partial charge on any atom is -0.467 e. The fraction of sp³-hybridized carbons (Fsp3) is 0.714. The molecule has 0 atom stereocenters. The number of hydrogen-bond donors (Lipinski definition) is 1. The van der Waals surface area contributed by atoms with Crippen LogP contribution in [0.15, 0.2) is 16.7 Å². The van der Waals surface area contributed by atoms with Crippen LogP contribution in [0.25, 0.3) is 0 Å². The van der Waals surface area contributed by atoms with Gasteiger partial charge in [-0.05, 0) is 42.6 Å². The van der Waals surface area contributed by atoms with E-state index in [4.69, 9.17) is 13.9 Å². The van der Waals surface area contributed by atoms with E-state index in [1.165, 1.54) is 0 Å². The summed E-state index contributed by atoms with van der Waals surface area (Å²) in [6.07, 6.45) is 3.51. The summed E-state index contributed by atoms with van der Waals surface area (Å²) in [5, 5.41) is 9.34. The van der Waals surface area contributed by atoms with Crippen molar-refractivity contribution in [1.82, 2.24) is 0 Å². The van der Waals surface area contributed by atoms with Crippen molar-refractivity contribution in [2.75, 3.05) is 6.61 Å². The van der Waals surface area contributed by atoms with E-state index in [0.717, 1.165) is 25.0 Å². The molecule has 0 radical (unpaired) electrons. The molecule has 0 aliphatic heterocycles. The van der Waals surface area contributed by atoms with Crippen molar-refractivity contribution in [2.24, 2.45) is 0 Å². The molecular formula is C14H26O3Si. The summed E-state index contributed by atoms with van der Waals surface area (Å²) in [5.74, 6) is 0.683. The van der Waals surface area contributed by atoms with E-state index in [0.29, 0.717) is 5.76 Å². The molecule has 0 fully saturated rings. The van der Waals surface area contributed by atoms with Gasteiger partial charge in [-0.25, -0.2) is 0 Å². The van der Waals surface area contributed by atoms with Crippen LogP contribution in [0.5, 0.6) is 0 Å². The number of furan rings is 1. The standard InChI is InChI=1S/C14H26O3Si/c1-14(2,3)18(4,5)17-9-6-7-12-8-10-16-13(12)11-15/h8,10,15H,6-7,9,11H2,1-5H3. The molecule has 18 heavy (non-hydrogen) atoms. The molecule has 3 nitrogen and oxygen atoms in total. The van der Waals surface area contributed by atoms with Gasteiger partial charge in [-0.3, -0.25) is 0 Å². The molecule has 1 heterocycles. The Morgan fingerprint density at radius 3 is 2.56 bits per heavy atom. The molecule has 0 aliphatic carbocycles. The molecule has 4 heteroatoms. The average Bonchev–Trinajstić information content (AvgIpc) is 2.70. The Morgan fingerprint density at radius 2 is 2.00 bits per heavy atom. The summed E-state index contributed by atoms with van der Waals surface area (Å²) in [4.78, 5) is 0. The van der Waals surface area contributed by atoms with Crippen LogP contribution in [0.3, 0.4) is 0 Å². The Labute approximate surface area is 111 Å². The van der Waals surface area contributed by atoms with Gasteiger partial charge in [0.05, 0.1) is 6.26 Å². The van der Waals surface area contributed by atoms with Crippen LogP contribution in [0, 0.1) is 0 Å². The van der Waals surface area contributed by atoms with Crippen molar-refractivity contribution in [3.8, 4) is 0 Å². The van der Waals surface area contributed by atoms with Gasteiger partial charge < -0.3 is 13.9 Å². The zero-order valence-corrected chi connectivity index (χ0v) is 13.2. The minimum absolute atomic E-state index is 0.0224. The normalized spacial score (nSPS) is 13.0. The van der Waals surface area contributed by atoms with Crippen molar-refractivity contribution in [1.29, 1.82) is 0 Å². The van der Waals surface area contributed by atoms with E-state index < -0.39 is 8.32 Å².